The summed E-state index contributed by atoms with van der Waals surface area (Å²) in [5, 5.41) is 5.47. The molecule has 3 rings (SSSR count). The number of benzene rings is 2. The van der Waals surface area contributed by atoms with E-state index in [2.05, 4.69) is 29.6 Å². The predicted octanol–water partition coefficient (Wildman–Crippen LogP) is 4.86. The number of nitrogens with zero attached hydrogens (tertiary/aromatic N) is 1. The summed E-state index contributed by atoms with van der Waals surface area (Å²) in [6.07, 6.45) is 0. The van der Waals surface area contributed by atoms with Crippen molar-refractivity contribution in [2.45, 2.75) is 19.5 Å². The Morgan fingerprint density at radius 2 is 1.92 bits per heavy atom. The maximum atomic E-state index is 12.4. The maximum Gasteiger partial charge on any atom is 0.234 e. The lowest BCUT2D eigenvalue weighted by Crippen LogP contribution is -2.36. The summed E-state index contributed by atoms with van der Waals surface area (Å²) in [4.78, 5) is 15.5. The summed E-state index contributed by atoms with van der Waals surface area (Å²) in [6, 6.07) is 18.3. The summed E-state index contributed by atoms with van der Waals surface area (Å²) in [5.74, 6) is 0.0191. The first-order valence-electron chi connectivity index (χ1n) is 8.22. The van der Waals surface area contributed by atoms with E-state index >= 15 is 0 Å². The molecule has 0 aliphatic carbocycles. The molecule has 2 aromatic carbocycles. The standard InChI is InChI=1S/C20H21ClN2OS/c1-14(17-9-5-7-15-6-3-4-8-18(15)17)22-20(24)13-23(2)12-16-10-11-19(21)25-16/h3-11,14H,12-13H2,1-2H3,(H,22,24)/t14-/m1/s1. The predicted molar refractivity (Wildman–Crippen MR) is 106 cm³/mol. The molecule has 25 heavy (non-hydrogen) atoms. The van der Waals surface area contributed by atoms with Crippen molar-refractivity contribution in [3.05, 3.63) is 69.4 Å². The Balaban J connectivity index is 1.62. The minimum Gasteiger partial charge on any atom is -0.348 e. The molecule has 0 fully saturated rings. The minimum absolute atomic E-state index is 0.0191. The Bertz CT molecular complexity index is 872. The van der Waals surface area contributed by atoms with E-state index in [0.717, 1.165) is 14.8 Å². The zero-order valence-electron chi connectivity index (χ0n) is 14.3. The van der Waals surface area contributed by atoms with Gasteiger partial charge in [-0.3, -0.25) is 9.69 Å². The van der Waals surface area contributed by atoms with Crippen LogP contribution in [0, 0.1) is 0 Å². The second-order valence-electron chi connectivity index (χ2n) is 6.24. The van der Waals surface area contributed by atoms with Gasteiger partial charge in [0.15, 0.2) is 0 Å². The van der Waals surface area contributed by atoms with Gasteiger partial charge in [-0.15, -0.1) is 11.3 Å². The van der Waals surface area contributed by atoms with Crippen molar-refractivity contribution in [1.29, 1.82) is 0 Å². The number of fused-ring (bicyclic) bond motifs is 1. The third-order valence-corrected chi connectivity index (χ3v) is 5.35. The highest BCUT2D eigenvalue weighted by Crippen LogP contribution is 2.24. The van der Waals surface area contributed by atoms with Gasteiger partial charge < -0.3 is 5.32 Å². The number of halogens is 1. The third-order valence-electron chi connectivity index (χ3n) is 4.14. The molecule has 0 unspecified atom stereocenters. The highest BCUT2D eigenvalue weighted by Gasteiger charge is 2.14. The van der Waals surface area contributed by atoms with Gasteiger partial charge in [0.2, 0.25) is 5.91 Å². The van der Waals surface area contributed by atoms with Crippen LogP contribution in [0.25, 0.3) is 10.8 Å². The molecule has 0 spiro atoms. The first kappa shape index (κ1) is 17.9. The minimum atomic E-state index is -0.0387. The van der Waals surface area contributed by atoms with Crippen LogP contribution < -0.4 is 5.32 Å². The van der Waals surface area contributed by atoms with Crippen molar-refractivity contribution >= 4 is 39.6 Å². The molecule has 0 radical (unpaired) electrons. The van der Waals surface area contributed by atoms with Crippen LogP contribution in [0.5, 0.6) is 0 Å². The van der Waals surface area contributed by atoms with Crippen molar-refractivity contribution in [2.75, 3.05) is 13.6 Å². The lowest BCUT2D eigenvalue weighted by Gasteiger charge is -2.20. The molecule has 0 aliphatic rings. The van der Waals surface area contributed by atoms with Gasteiger partial charge in [-0.1, -0.05) is 54.1 Å². The molecule has 0 aliphatic heterocycles. The molecule has 1 heterocycles. The Hall–Kier alpha value is -1.88. The zero-order chi connectivity index (χ0) is 17.8. The van der Waals surface area contributed by atoms with Crippen molar-refractivity contribution in [1.82, 2.24) is 10.2 Å². The van der Waals surface area contributed by atoms with Crippen LogP contribution in [0.1, 0.15) is 23.4 Å². The van der Waals surface area contributed by atoms with Gasteiger partial charge in [0.05, 0.1) is 16.9 Å². The SMILES string of the molecule is C[C@@H](NC(=O)CN(C)Cc1ccc(Cl)s1)c1cccc2ccccc12. The van der Waals surface area contributed by atoms with Gasteiger partial charge in [-0.25, -0.2) is 0 Å². The van der Waals surface area contributed by atoms with Gasteiger partial charge in [0, 0.05) is 11.4 Å². The van der Waals surface area contributed by atoms with Crippen molar-refractivity contribution in [3.8, 4) is 0 Å². The number of amides is 1. The fourth-order valence-electron chi connectivity index (χ4n) is 3.00. The lowest BCUT2D eigenvalue weighted by atomic mass is 10.00. The fraction of sp³-hybridized carbons (Fsp3) is 0.250. The zero-order valence-corrected chi connectivity index (χ0v) is 15.9. The molecule has 5 heteroatoms. The molecule has 130 valence electrons. The normalized spacial score (nSPS) is 12.5. The maximum absolute atomic E-state index is 12.4. The topological polar surface area (TPSA) is 32.3 Å². The second-order valence-corrected chi connectivity index (χ2v) is 8.04. The Kier molecular flexibility index (Phi) is 5.74. The number of likely N-dealkylation sites (N-methyl/N-ethyl adjacent to an activating group) is 1. The molecular formula is C20H21ClN2OS. The van der Waals surface area contributed by atoms with Gasteiger partial charge in [-0.05, 0) is 42.4 Å². The molecule has 3 nitrogen and oxygen atoms in total. The number of hydrogen-bond donors (Lipinski definition) is 1. The average Bonchev–Trinajstić information content (AvgIpc) is 2.98. The van der Waals surface area contributed by atoms with Gasteiger partial charge in [0.25, 0.3) is 0 Å². The van der Waals surface area contributed by atoms with Crippen molar-refractivity contribution in [3.63, 3.8) is 0 Å². The van der Waals surface area contributed by atoms with Crippen LogP contribution >= 0.6 is 22.9 Å². The number of nitrogens with one attached hydrogen (secondary N) is 1. The molecule has 1 aromatic heterocycles. The number of rotatable bonds is 6. The van der Waals surface area contributed by atoms with Crippen LogP contribution in [0.15, 0.2) is 54.6 Å². The van der Waals surface area contributed by atoms with Crippen LogP contribution in [0.2, 0.25) is 4.34 Å². The van der Waals surface area contributed by atoms with Crippen LogP contribution in [-0.2, 0) is 11.3 Å². The first-order chi connectivity index (χ1) is 12.0. The average molecular weight is 373 g/mol. The smallest absolute Gasteiger partial charge is 0.234 e. The highest BCUT2D eigenvalue weighted by molar-refractivity contribution is 7.16. The largest absolute Gasteiger partial charge is 0.348 e. The Morgan fingerprint density at radius 1 is 1.16 bits per heavy atom. The van der Waals surface area contributed by atoms with E-state index < -0.39 is 0 Å². The molecule has 0 saturated heterocycles. The number of carbonyl (C=O) groups excluding carboxylic acids is 1. The van der Waals surface area contributed by atoms with Crippen molar-refractivity contribution < 1.29 is 4.79 Å². The van der Waals surface area contributed by atoms with E-state index in [4.69, 9.17) is 11.6 Å². The second kappa shape index (κ2) is 8.00. The van der Waals surface area contributed by atoms with Crippen LogP contribution in [0.4, 0.5) is 0 Å². The molecule has 0 saturated carbocycles. The van der Waals surface area contributed by atoms with Crippen LogP contribution in [-0.4, -0.2) is 24.4 Å². The Labute approximate surface area is 157 Å². The van der Waals surface area contributed by atoms with E-state index in [0.29, 0.717) is 13.1 Å². The summed E-state index contributed by atoms with van der Waals surface area (Å²) < 4.78 is 0.775. The molecule has 1 N–H and O–H groups in total. The lowest BCUT2D eigenvalue weighted by molar-refractivity contribution is -0.122. The van der Waals surface area contributed by atoms with Gasteiger partial charge >= 0.3 is 0 Å². The molecule has 0 bridgehead atoms. The summed E-state index contributed by atoms with van der Waals surface area (Å²) in [6.45, 7) is 3.09. The monoisotopic (exact) mass is 372 g/mol. The van der Waals surface area contributed by atoms with E-state index in [1.807, 2.05) is 49.2 Å². The number of hydrogen-bond acceptors (Lipinski definition) is 3. The van der Waals surface area contributed by atoms with E-state index in [1.54, 1.807) is 11.3 Å². The fourth-order valence-corrected chi connectivity index (χ4v) is 4.16. The summed E-state index contributed by atoms with van der Waals surface area (Å²) >= 11 is 7.50. The molecular weight excluding hydrogens is 352 g/mol. The quantitative estimate of drug-likeness (QED) is 0.669. The highest BCUT2D eigenvalue weighted by atomic mass is 35.5. The van der Waals surface area contributed by atoms with Gasteiger partial charge in [-0.2, -0.15) is 0 Å². The molecule has 1 atom stereocenters. The summed E-state index contributed by atoms with van der Waals surface area (Å²) in [5.41, 5.74) is 1.14. The molecule has 1 amide bonds. The van der Waals surface area contributed by atoms with E-state index in [1.165, 1.54) is 10.8 Å². The first-order valence-corrected chi connectivity index (χ1v) is 9.42. The molecule has 3 aromatic rings. The van der Waals surface area contributed by atoms with Crippen molar-refractivity contribution in [2.24, 2.45) is 0 Å². The van der Waals surface area contributed by atoms with Crippen LogP contribution in [0.3, 0.4) is 0 Å². The summed E-state index contributed by atoms with van der Waals surface area (Å²) in [7, 11) is 1.94. The Morgan fingerprint density at radius 3 is 2.68 bits per heavy atom. The van der Waals surface area contributed by atoms with E-state index in [9.17, 15) is 4.79 Å². The van der Waals surface area contributed by atoms with Gasteiger partial charge in [0.1, 0.15) is 0 Å². The number of carbonyl (C=O) groups is 1. The van der Waals surface area contributed by atoms with E-state index in [-0.39, 0.29) is 11.9 Å². The number of thiophene rings is 1. The third kappa shape index (κ3) is 4.60.